The van der Waals surface area contributed by atoms with Gasteiger partial charge in [0, 0.05) is 17.2 Å². The second-order valence-electron chi connectivity index (χ2n) is 5.27. The molecule has 0 unspecified atom stereocenters. The molecule has 2 aromatic rings. The van der Waals surface area contributed by atoms with Crippen molar-refractivity contribution in [3.8, 4) is 0 Å². The van der Waals surface area contributed by atoms with Crippen molar-refractivity contribution in [2.45, 2.75) is 25.3 Å². The molecular weight excluding hydrogens is 328 g/mol. The van der Waals surface area contributed by atoms with Crippen LogP contribution in [0.4, 0.5) is 0 Å². The summed E-state index contributed by atoms with van der Waals surface area (Å²) in [5.41, 5.74) is 2.03. The van der Waals surface area contributed by atoms with Gasteiger partial charge in [-0.3, -0.25) is 9.78 Å². The number of likely N-dealkylation sites (tertiary alicyclic amines) is 1. The van der Waals surface area contributed by atoms with E-state index >= 15 is 0 Å². The molecule has 108 valence electrons. The number of benzene rings is 1. The van der Waals surface area contributed by atoms with Gasteiger partial charge in [0.2, 0.25) is 5.91 Å². The van der Waals surface area contributed by atoms with Crippen LogP contribution in [0, 0.1) is 0 Å². The fourth-order valence-electron chi connectivity index (χ4n) is 2.85. The quantitative estimate of drug-likeness (QED) is 0.849. The number of amides is 1. The van der Waals surface area contributed by atoms with Crippen LogP contribution in [0.5, 0.6) is 0 Å². The third kappa shape index (κ3) is 3.16. The van der Waals surface area contributed by atoms with Crippen LogP contribution >= 0.6 is 15.9 Å². The standard InChI is InChI=1S/C17H17BrN2O/c18-14-7-2-1-6-13(14)12-17(21)20-11-5-9-16(20)15-8-3-4-10-19-15/h1-4,6-8,10,16H,5,9,11-12H2/t16-/m0/s1. The van der Waals surface area contributed by atoms with Gasteiger partial charge >= 0.3 is 0 Å². The maximum atomic E-state index is 12.6. The number of halogens is 1. The minimum absolute atomic E-state index is 0.126. The number of carbonyl (C=O) groups is 1. The Morgan fingerprint density at radius 3 is 2.81 bits per heavy atom. The average molecular weight is 345 g/mol. The lowest BCUT2D eigenvalue weighted by atomic mass is 10.1. The maximum Gasteiger partial charge on any atom is 0.227 e. The Labute approximate surface area is 133 Å². The lowest BCUT2D eigenvalue weighted by Crippen LogP contribution is -2.32. The van der Waals surface area contributed by atoms with Gasteiger partial charge in [-0.25, -0.2) is 0 Å². The van der Waals surface area contributed by atoms with Crippen LogP contribution < -0.4 is 0 Å². The van der Waals surface area contributed by atoms with E-state index in [0.717, 1.165) is 35.1 Å². The molecule has 0 bridgehead atoms. The van der Waals surface area contributed by atoms with Crippen molar-refractivity contribution in [3.63, 3.8) is 0 Å². The molecule has 1 amide bonds. The van der Waals surface area contributed by atoms with E-state index in [2.05, 4.69) is 20.9 Å². The maximum absolute atomic E-state index is 12.6. The summed E-state index contributed by atoms with van der Waals surface area (Å²) < 4.78 is 0.993. The van der Waals surface area contributed by atoms with Gasteiger partial charge in [-0.2, -0.15) is 0 Å². The SMILES string of the molecule is O=C(Cc1ccccc1Br)N1CCC[C@H]1c1ccccn1. The van der Waals surface area contributed by atoms with Gasteiger partial charge in [0.1, 0.15) is 0 Å². The van der Waals surface area contributed by atoms with Crippen LogP contribution in [0.15, 0.2) is 53.1 Å². The molecule has 0 saturated carbocycles. The van der Waals surface area contributed by atoms with Gasteiger partial charge in [-0.05, 0) is 36.6 Å². The first-order chi connectivity index (χ1) is 10.3. The molecule has 3 rings (SSSR count). The van der Waals surface area contributed by atoms with E-state index in [0.29, 0.717) is 6.42 Å². The van der Waals surface area contributed by atoms with Crippen molar-refractivity contribution >= 4 is 21.8 Å². The van der Waals surface area contributed by atoms with Crippen LogP contribution in [-0.4, -0.2) is 22.3 Å². The highest BCUT2D eigenvalue weighted by Crippen LogP contribution is 2.31. The van der Waals surface area contributed by atoms with Gasteiger partial charge in [0.05, 0.1) is 18.2 Å². The molecule has 4 heteroatoms. The van der Waals surface area contributed by atoms with Crippen molar-refractivity contribution in [1.29, 1.82) is 0 Å². The molecule has 21 heavy (non-hydrogen) atoms. The summed E-state index contributed by atoms with van der Waals surface area (Å²) in [6.07, 6.45) is 4.27. The second-order valence-corrected chi connectivity index (χ2v) is 6.12. The second kappa shape index (κ2) is 6.39. The van der Waals surface area contributed by atoms with Crippen LogP contribution in [0.3, 0.4) is 0 Å². The Morgan fingerprint density at radius 1 is 1.24 bits per heavy atom. The summed E-state index contributed by atoms with van der Waals surface area (Å²) in [6, 6.07) is 13.9. The highest BCUT2D eigenvalue weighted by atomic mass is 79.9. The van der Waals surface area contributed by atoms with Crippen LogP contribution in [0.1, 0.15) is 30.1 Å². The molecule has 1 saturated heterocycles. The fraction of sp³-hybridized carbons (Fsp3) is 0.294. The molecule has 0 radical (unpaired) electrons. The number of rotatable bonds is 3. The molecule has 3 nitrogen and oxygen atoms in total. The number of hydrogen-bond donors (Lipinski definition) is 0. The van der Waals surface area contributed by atoms with Crippen molar-refractivity contribution in [2.75, 3.05) is 6.54 Å². The smallest absolute Gasteiger partial charge is 0.227 e. The molecule has 1 aromatic heterocycles. The molecule has 1 aliphatic rings. The van der Waals surface area contributed by atoms with E-state index in [4.69, 9.17) is 0 Å². The molecule has 1 aromatic carbocycles. The van der Waals surface area contributed by atoms with Crippen molar-refractivity contribution in [1.82, 2.24) is 9.88 Å². The van der Waals surface area contributed by atoms with Gasteiger partial charge in [0.25, 0.3) is 0 Å². The zero-order chi connectivity index (χ0) is 14.7. The summed E-state index contributed by atoms with van der Waals surface area (Å²) in [5.74, 6) is 0.176. The van der Waals surface area contributed by atoms with E-state index in [1.54, 1.807) is 6.20 Å². The zero-order valence-electron chi connectivity index (χ0n) is 11.7. The van der Waals surface area contributed by atoms with Crippen LogP contribution in [-0.2, 0) is 11.2 Å². The van der Waals surface area contributed by atoms with Gasteiger partial charge in [-0.1, -0.05) is 40.2 Å². The first-order valence-electron chi connectivity index (χ1n) is 7.19. The van der Waals surface area contributed by atoms with E-state index in [1.807, 2.05) is 47.4 Å². The Morgan fingerprint density at radius 2 is 2.05 bits per heavy atom. The van der Waals surface area contributed by atoms with E-state index in [-0.39, 0.29) is 11.9 Å². The lowest BCUT2D eigenvalue weighted by molar-refractivity contribution is -0.131. The summed E-state index contributed by atoms with van der Waals surface area (Å²) >= 11 is 3.51. The van der Waals surface area contributed by atoms with Gasteiger partial charge in [-0.15, -0.1) is 0 Å². The number of nitrogens with zero attached hydrogens (tertiary/aromatic N) is 2. The van der Waals surface area contributed by atoms with E-state index in [1.165, 1.54) is 0 Å². The fourth-order valence-corrected chi connectivity index (χ4v) is 3.28. The Kier molecular flexibility index (Phi) is 4.34. The molecule has 0 aliphatic carbocycles. The third-order valence-electron chi connectivity index (χ3n) is 3.90. The van der Waals surface area contributed by atoms with Crippen molar-refractivity contribution in [2.24, 2.45) is 0 Å². The van der Waals surface area contributed by atoms with Gasteiger partial charge < -0.3 is 4.90 Å². The zero-order valence-corrected chi connectivity index (χ0v) is 13.3. The van der Waals surface area contributed by atoms with Crippen molar-refractivity contribution in [3.05, 3.63) is 64.4 Å². The van der Waals surface area contributed by atoms with Crippen LogP contribution in [0.2, 0.25) is 0 Å². The first-order valence-corrected chi connectivity index (χ1v) is 7.99. The molecule has 2 heterocycles. The Bertz CT molecular complexity index is 630. The first kappa shape index (κ1) is 14.3. The van der Waals surface area contributed by atoms with Gasteiger partial charge in [0.15, 0.2) is 0 Å². The lowest BCUT2D eigenvalue weighted by Gasteiger charge is -2.24. The normalized spacial score (nSPS) is 18.0. The summed E-state index contributed by atoms with van der Waals surface area (Å²) in [7, 11) is 0. The van der Waals surface area contributed by atoms with Crippen molar-refractivity contribution < 1.29 is 4.79 Å². The largest absolute Gasteiger partial charge is 0.334 e. The highest BCUT2D eigenvalue weighted by molar-refractivity contribution is 9.10. The minimum Gasteiger partial charge on any atom is -0.334 e. The summed E-state index contributed by atoms with van der Waals surface area (Å²) in [4.78, 5) is 19.0. The molecular formula is C17H17BrN2O. The van der Waals surface area contributed by atoms with E-state index in [9.17, 15) is 4.79 Å². The number of hydrogen-bond acceptors (Lipinski definition) is 2. The Hall–Kier alpha value is -1.68. The molecule has 1 aliphatic heterocycles. The summed E-state index contributed by atoms with van der Waals surface area (Å²) in [6.45, 7) is 0.824. The predicted molar refractivity (Wildman–Crippen MR) is 85.8 cm³/mol. The topological polar surface area (TPSA) is 33.2 Å². The monoisotopic (exact) mass is 344 g/mol. The number of aromatic nitrogens is 1. The highest BCUT2D eigenvalue weighted by Gasteiger charge is 2.30. The number of carbonyl (C=O) groups excluding carboxylic acids is 1. The average Bonchev–Trinajstić information content (AvgIpc) is 3.00. The molecule has 1 fully saturated rings. The number of pyridine rings is 1. The molecule has 0 N–H and O–H groups in total. The Balaban J connectivity index is 1.76. The third-order valence-corrected chi connectivity index (χ3v) is 4.68. The summed E-state index contributed by atoms with van der Waals surface area (Å²) in [5, 5.41) is 0. The molecule has 0 spiro atoms. The van der Waals surface area contributed by atoms with E-state index < -0.39 is 0 Å². The minimum atomic E-state index is 0.126. The predicted octanol–water partition coefficient (Wildman–Crippen LogP) is 3.75. The molecule has 1 atom stereocenters. The van der Waals surface area contributed by atoms with Crippen LogP contribution in [0.25, 0.3) is 0 Å².